The van der Waals surface area contributed by atoms with Crippen molar-refractivity contribution < 1.29 is 14.3 Å². The standard InChI is InChI=1S/C23H30N4O3.HI/c1-4-30-20-12-11-19(14-21(20)29-3)26-23(24-2)25-15-17-7-9-18(10-8-17)16-27-13-5-6-22(27)28;/h7-12,14H,4-6,13,15-16H2,1-3H3,(H2,24,25,26);1H. The molecule has 8 heteroatoms. The third-order valence-electron chi connectivity index (χ3n) is 4.98. The molecule has 2 aromatic rings. The van der Waals surface area contributed by atoms with Gasteiger partial charge in [0, 0.05) is 44.9 Å². The molecule has 0 spiro atoms. The Morgan fingerprint density at radius 3 is 2.48 bits per heavy atom. The number of nitrogens with zero attached hydrogens (tertiary/aromatic N) is 2. The van der Waals surface area contributed by atoms with E-state index in [-0.39, 0.29) is 29.9 Å². The van der Waals surface area contributed by atoms with Crippen LogP contribution in [0.3, 0.4) is 0 Å². The highest BCUT2D eigenvalue weighted by atomic mass is 127. The first kappa shape index (κ1) is 24.8. The van der Waals surface area contributed by atoms with Crippen LogP contribution in [-0.4, -0.2) is 44.1 Å². The lowest BCUT2D eigenvalue weighted by Crippen LogP contribution is -2.30. The third kappa shape index (κ3) is 7.02. The number of aliphatic imine (C=N–C) groups is 1. The van der Waals surface area contributed by atoms with Gasteiger partial charge in [-0.25, -0.2) is 0 Å². The van der Waals surface area contributed by atoms with Gasteiger partial charge < -0.3 is 25.0 Å². The quantitative estimate of drug-likeness (QED) is 0.302. The summed E-state index contributed by atoms with van der Waals surface area (Å²) in [6, 6.07) is 14.0. The monoisotopic (exact) mass is 538 g/mol. The zero-order valence-electron chi connectivity index (χ0n) is 18.3. The minimum atomic E-state index is 0. The van der Waals surface area contributed by atoms with E-state index in [4.69, 9.17) is 9.47 Å². The summed E-state index contributed by atoms with van der Waals surface area (Å²) in [6.45, 7) is 4.71. The molecule has 1 heterocycles. The van der Waals surface area contributed by atoms with E-state index in [9.17, 15) is 4.79 Å². The van der Waals surface area contributed by atoms with Crippen molar-refractivity contribution >= 4 is 41.5 Å². The van der Waals surface area contributed by atoms with Crippen molar-refractivity contribution in [3.05, 3.63) is 53.6 Å². The Balaban J connectivity index is 0.00000341. The average Bonchev–Trinajstić information content (AvgIpc) is 3.17. The number of methoxy groups -OCH3 is 1. The van der Waals surface area contributed by atoms with Gasteiger partial charge in [-0.05, 0) is 36.6 Å². The number of likely N-dealkylation sites (tertiary alicyclic amines) is 1. The first-order chi connectivity index (χ1) is 14.6. The van der Waals surface area contributed by atoms with Crippen LogP contribution in [0.2, 0.25) is 0 Å². The lowest BCUT2D eigenvalue weighted by Gasteiger charge is -2.16. The highest BCUT2D eigenvalue weighted by Gasteiger charge is 2.19. The summed E-state index contributed by atoms with van der Waals surface area (Å²) >= 11 is 0. The van der Waals surface area contributed by atoms with Crippen LogP contribution in [0.15, 0.2) is 47.5 Å². The lowest BCUT2D eigenvalue weighted by atomic mass is 10.1. The number of benzene rings is 2. The maximum absolute atomic E-state index is 11.8. The lowest BCUT2D eigenvalue weighted by molar-refractivity contribution is -0.128. The number of carbonyl (C=O) groups is 1. The molecule has 1 fully saturated rings. The molecular weight excluding hydrogens is 507 g/mol. The molecule has 0 atom stereocenters. The largest absolute Gasteiger partial charge is 0.493 e. The van der Waals surface area contributed by atoms with E-state index in [1.54, 1.807) is 14.2 Å². The SMILES string of the molecule is CCOc1ccc(NC(=NC)NCc2ccc(CN3CCCC3=O)cc2)cc1OC.I. The van der Waals surface area contributed by atoms with Crippen molar-refractivity contribution in [2.45, 2.75) is 32.9 Å². The second kappa shape index (κ2) is 12.4. The number of anilines is 1. The fourth-order valence-electron chi connectivity index (χ4n) is 3.38. The molecule has 2 aromatic carbocycles. The van der Waals surface area contributed by atoms with Crippen LogP contribution < -0.4 is 20.1 Å². The van der Waals surface area contributed by atoms with Gasteiger partial charge in [0.2, 0.25) is 5.91 Å². The van der Waals surface area contributed by atoms with Gasteiger partial charge in [-0.15, -0.1) is 24.0 Å². The predicted octanol–water partition coefficient (Wildman–Crippen LogP) is 4.02. The van der Waals surface area contributed by atoms with Crippen molar-refractivity contribution in [1.82, 2.24) is 10.2 Å². The number of rotatable bonds is 8. The van der Waals surface area contributed by atoms with Gasteiger partial charge in [0.05, 0.1) is 13.7 Å². The third-order valence-corrected chi connectivity index (χ3v) is 4.98. The molecule has 0 radical (unpaired) electrons. The van der Waals surface area contributed by atoms with E-state index in [0.29, 0.717) is 43.6 Å². The van der Waals surface area contributed by atoms with Crippen LogP contribution in [-0.2, 0) is 17.9 Å². The van der Waals surface area contributed by atoms with Crippen molar-refractivity contribution in [3.63, 3.8) is 0 Å². The van der Waals surface area contributed by atoms with E-state index in [0.717, 1.165) is 29.8 Å². The molecule has 0 saturated carbocycles. The second-order valence-electron chi connectivity index (χ2n) is 7.08. The fraction of sp³-hybridized carbons (Fsp3) is 0.391. The second-order valence-corrected chi connectivity index (χ2v) is 7.08. The maximum Gasteiger partial charge on any atom is 0.222 e. The smallest absolute Gasteiger partial charge is 0.222 e. The maximum atomic E-state index is 11.8. The summed E-state index contributed by atoms with van der Waals surface area (Å²) in [5.41, 5.74) is 3.14. The van der Waals surface area contributed by atoms with Crippen molar-refractivity contribution in [2.75, 3.05) is 32.6 Å². The van der Waals surface area contributed by atoms with Gasteiger partial charge in [-0.1, -0.05) is 24.3 Å². The van der Waals surface area contributed by atoms with Crippen LogP contribution in [0.25, 0.3) is 0 Å². The first-order valence-corrected chi connectivity index (χ1v) is 10.3. The number of nitrogens with one attached hydrogen (secondary N) is 2. The van der Waals surface area contributed by atoms with Crippen molar-refractivity contribution in [1.29, 1.82) is 0 Å². The summed E-state index contributed by atoms with van der Waals surface area (Å²) < 4.78 is 11.0. The number of halogens is 1. The van der Waals surface area contributed by atoms with Crippen LogP contribution in [0.5, 0.6) is 11.5 Å². The number of hydrogen-bond acceptors (Lipinski definition) is 4. The van der Waals surface area contributed by atoms with Gasteiger partial charge in [0.1, 0.15) is 0 Å². The molecule has 1 aliphatic heterocycles. The van der Waals surface area contributed by atoms with Gasteiger partial charge in [-0.3, -0.25) is 9.79 Å². The number of hydrogen-bond donors (Lipinski definition) is 2. The predicted molar refractivity (Wildman–Crippen MR) is 134 cm³/mol. The van der Waals surface area contributed by atoms with Gasteiger partial charge in [-0.2, -0.15) is 0 Å². The summed E-state index contributed by atoms with van der Waals surface area (Å²) in [6.07, 6.45) is 1.64. The van der Waals surface area contributed by atoms with E-state index in [2.05, 4.69) is 39.9 Å². The highest BCUT2D eigenvalue weighted by molar-refractivity contribution is 14.0. The van der Waals surface area contributed by atoms with E-state index < -0.39 is 0 Å². The molecule has 1 amide bonds. The van der Waals surface area contributed by atoms with Crippen LogP contribution in [0, 0.1) is 0 Å². The molecule has 0 aromatic heterocycles. The van der Waals surface area contributed by atoms with Crippen molar-refractivity contribution in [3.8, 4) is 11.5 Å². The van der Waals surface area contributed by atoms with E-state index in [1.807, 2.05) is 30.0 Å². The van der Waals surface area contributed by atoms with Gasteiger partial charge in [0.25, 0.3) is 0 Å². The number of amides is 1. The fourth-order valence-corrected chi connectivity index (χ4v) is 3.38. The zero-order chi connectivity index (χ0) is 21.3. The molecule has 1 saturated heterocycles. The zero-order valence-corrected chi connectivity index (χ0v) is 20.6. The van der Waals surface area contributed by atoms with E-state index in [1.165, 1.54) is 0 Å². The summed E-state index contributed by atoms with van der Waals surface area (Å²) in [5.74, 6) is 2.29. The number of guanidine groups is 1. The summed E-state index contributed by atoms with van der Waals surface area (Å²) in [7, 11) is 3.36. The summed E-state index contributed by atoms with van der Waals surface area (Å²) in [4.78, 5) is 18.0. The van der Waals surface area contributed by atoms with Gasteiger partial charge >= 0.3 is 0 Å². The highest BCUT2D eigenvalue weighted by Crippen LogP contribution is 2.30. The minimum absolute atomic E-state index is 0. The molecule has 7 nitrogen and oxygen atoms in total. The Morgan fingerprint density at radius 2 is 1.87 bits per heavy atom. The molecule has 2 N–H and O–H groups in total. The summed E-state index contributed by atoms with van der Waals surface area (Å²) in [5, 5.41) is 6.58. The average molecular weight is 538 g/mol. The van der Waals surface area contributed by atoms with Crippen LogP contribution >= 0.6 is 24.0 Å². The Bertz CT molecular complexity index is 887. The van der Waals surface area contributed by atoms with Crippen LogP contribution in [0.4, 0.5) is 5.69 Å². The molecule has 168 valence electrons. The number of carbonyl (C=O) groups excluding carboxylic acids is 1. The molecule has 0 bridgehead atoms. The molecule has 0 unspecified atom stereocenters. The Morgan fingerprint density at radius 1 is 1.13 bits per heavy atom. The molecule has 3 rings (SSSR count). The van der Waals surface area contributed by atoms with Crippen LogP contribution in [0.1, 0.15) is 30.9 Å². The normalized spacial score (nSPS) is 13.6. The van der Waals surface area contributed by atoms with Crippen molar-refractivity contribution in [2.24, 2.45) is 4.99 Å². The molecular formula is C23H31IN4O3. The van der Waals surface area contributed by atoms with E-state index >= 15 is 0 Å². The molecule has 0 aliphatic carbocycles. The molecule has 1 aliphatic rings. The Labute approximate surface area is 201 Å². The molecule has 31 heavy (non-hydrogen) atoms. The number of ether oxygens (including phenoxy) is 2. The minimum Gasteiger partial charge on any atom is -0.493 e. The Kier molecular flexibility index (Phi) is 9.90. The Hall–Kier alpha value is -2.49. The van der Waals surface area contributed by atoms with Gasteiger partial charge in [0.15, 0.2) is 17.5 Å². The topological polar surface area (TPSA) is 75.2 Å². The first-order valence-electron chi connectivity index (χ1n) is 10.3.